The van der Waals surface area contributed by atoms with Crippen LogP contribution in [0.2, 0.25) is 0 Å². The van der Waals surface area contributed by atoms with Crippen LogP contribution in [0.1, 0.15) is 25.2 Å². The highest BCUT2D eigenvalue weighted by Crippen LogP contribution is 2.10. The summed E-state index contributed by atoms with van der Waals surface area (Å²) in [6.45, 7) is 8.17. The largest absolute Gasteiger partial charge is 0.388 e. The van der Waals surface area contributed by atoms with Crippen LogP contribution in [-0.4, -0.2) is 39.0 Å². The molecule has 0 aromatic carbocycles. The van der Waals surface area contributed by atoms with Crippen molar-refractivity contribution in [1.82, 2.24) is 15.1 Å². The molecule has 4 nitrogen and oxygen atoms in total. The molecule has 5 heteroatoms. The molecule has 1 aromatic rings. The lowest BCUT2D eigenvalue weighted by Gasteiger charge is -2.22. The SMILES string of the molecule is CCn1nc(C)cc1CNCC(C)(O)CSC. The Morgan fingerprint density at radius 2 is 2.29 bits per heavy atom. The van der Waals surface area contributed by atoms with Gasteiger partial charge < -0.3 is 10.4 Å². The Balaban J connectivity index is 2.45. The van der Waals surface area contributed by atoms with Crippen LogP contribution in [0.15, 0.2) is 6.07 Å². The van der Waals surface area contributed by atoms with Gasteiger partial charge in [-0.3, -0.25) is 4.68 Å². The molecule has 2 N–H and O–H groups in total. The minimum absolute atomic E-state index is 0.599. The normalized spacial score (nSPS) is 14.9. The van der Waals surface area contributed by atoms with Crippen LogP contribution in [0.5, 0.6) is 0 Å². The van der Waals surface area contributed by atoms with Crippen molar-refractivity contribution in [3.63, 3.8) is 0 Å². The Morgan fingerprint density at radius 1 is 1.59 bits per heavy atom. The summed E-state index contributed by atoms with van der Waals surface area (Å²) in [6.07, 6.45) is 2.00. The number of rotatable bonds is 7. The van der Waals surface area contributed by atoms with Gasteiger partial charge in [-0.2, -0.15) is 16.9 Å². The van der Waals surface area contributed by atoms with E-state index in [4.69, 9.17) is 0 Å². The second-order valence-corrected chi connectivity index (χ2v) is 5.49. The third-order valence-corrected chi connectivity index (χ3v) is 3.46. The molecule has 0 fully saturated rings. The Bertz CT molecular complexity index is 350. The maximum absolute atomic E-state index is 10.0. The lowest BCUT2D eigenvalue weighted by molar-refractivity contribution is 0.0844. The predicted molar refractivity (Wildman–Crippen MR) is 73.4 cm³/mol. The van der Waals surface area contributed by atoms with Gasteiger partial charge in [-0.25, -0.2) is 0 Å². The summed E-state index contributed by atoms with van der Waals surface area (Å²) < 4.78 is 1.99. The van der Waals surface area contributed by atoms with Crippen molar-refractivity contribution in [2.24, 2.45) is 0 Å². The molecule has 0 saturated carbocycles. The van der Waals surface area contributed by atoms with E-state index in [-0.39, 0.29) is 0 Å². The van der Waals surface area contributed by atoms with Gasteiger partial charge >= 0.3 is 0 Å². The highest BCUT2D eigenvalue weighted by molar-refractivity contribution is 7.98. The molecule has 0 aliphatic rings. The minimum atomic E-state index is -0.647. The van der Waals surface area contributed by atoms with Crippen LogP contribution in [0.4, 0.5) is 0 Å². The van der Waals surface area contributed by atoms with Crippen LogP contribution in [-0.2, 0) is 13.1 Å². The molecule has 0 saturated heterocycles. The van der Waals surface area contributed by atoms with E-state index in [1.54, 1.807) is 11.8 Å². The summed E-state index contributed by atoms with van der Waals surface area (Å²) in [7, 11) is 0. The zero-order valence-electron chi connectivity index (χ0n) is 11.2. The number of aryl methyl sites for hydroxylation is 2. The molecule has 0 spiro atoms. The Labute approximate surface area is 108 Å². The average Bonchev–Trinajstić information content (AvgIpc) is 2.58. The molecule has 1 rings (SSSR count). The first-order valence-electron chi connectivity index (χ1n) is 5.94. The molecule has 1 heterocycles. The highest BCUT2D eigenvalue weighted by atomic mass is 32.2. The van der Waals surface area contributed by atoms with Crippen molar-refractivity contribution in [2.75, 3.05) is 18.6 Å². The molecular weight excluding hydrogens is 234 g/mol. The molecule has 1 aromatic heterocycles. The topological polar surface area (TPSA) is 50.1 Å². The smallest absolute Gasteiger partial charge is 0.0833 e. The van der Waals surface area contributed by atoms with Crippen molar-refractivity contribution in [3.05, 3.63) is 17.5 Å². The van der Waals surface area contributed by atoms with E-state index in [2.05, 4.69) is 23.4 Å². The van der Waals surface area contributed by atoms with E-state index < -0.39 is 5.60 Å². The van der Waals surface area contributed by atoms with E-state index in [1.807, 2.05) is 24.8 Å². The van der Waals surface area contributed by atoms with Gasteiger partial charge in [0.15, 0.2) is 0 Å². The van der Waals surface area contributed by atoms with Crippen molar-refractivity contribution in [1.29, 1.82) is 0 Å². The lowest BCUT2D eigenvalue weighted by Crippen LogP contribution is -2.39. The number of thioether (sulfide) groups is 1. The summed E-state index contributed by atoms with van der Waals surface area (Å²) in [5, 5.41) is 17.7. The van der Waals surface area contributed by atoms with Gasteiger partial charge in [-0.05, 0) is 33.1 Å². The van der Waals surface area contributed by atoms with Crippen molar-refractivity contribution in [3.8, 4) is 0 Å². The summed E-state index contributed by atoms with van der Waals surface area (Å²) in [5.41, 5.74) is 1.57. The first-order valence-corrected chi connectivity index (χ1v) is 7.33. The maximum Gasteiger partial charge on any atom is 0.0833 e. The van der Waals surface area contributed by atoms with E-state index in [0.717, 1.165) is 24.5 Å². The van der Waals surface area contributed by atoms with Crippen molar-refractivity contribution in [2.45, 2.75) is 39.5 Å². The molecular formula is C12H23N3OS. The van der Waals surface area contributed by atoms with Gasteiger partial charge in [0.2, 0.25) is 0 Å². The Hall–Kier alpha value is -0.520. The van der Waals surface area contributed by atoms with Gasteiger partial charge in [-0.15, -0.1) is 0 Å². The van der Waals surface area contributed by atoms with Gasteiger partial charge in [0.1, 0.15) is 0 Å². The van der Waals surface area contributed by atoms with Crippen molar-refractivity contribution >= 4 is 11.8 Å². The summed E-state index contributed by atoms with van der Waals surface area (Å²) in [4.78, 5) is 0. The highest BCUT2D eigenvalue weighted by Gasteiger charge is 2.18. The fraction of sp³-hybridized carbons (Fsp3) is 0.750. The van der Waals surface area contributed by atoms with Gasteiger partial charge in [0, 0.05) is 25.4 Å². The first kappa shape index (κ1) is 14.5. The molecule has 1 unspecified atom stereocenters. The molecule has 0 aliphatic heterocycles. The van der Waals surface area contributed by atoms with Gasteiger partial charge in [0.05, 0.1) is 17.0 Å². The van der Waals surface area contributed by atoms with Crippen molar-refractivity contribution < 1.29 is 5.11 Å². The van der Waals surface area contributed by atoms with E-state index in [1.165, 1.54) is 5.69 Å². The number of aliphatic hydroxyl groups is 1. The van der Waals surface area contributed by atoms with Crippen LogP contribution >= 0.6 is 11.8 Å². The lowest BCUT2D eigenvalue weighted by atomic mass is 10.1. The Kier molecular flexibility index (Phi) is 5.49. The zero-order valence-corrected chi connectivity index (χ0v) is 12.0. The van der Waals surface area contributed by atoms with Gasteiger partial charge in [0.25, 0.3) is 0 Å². The van der Waals surface area contributed by atoms with E-state index >= 15 is 0 Å². The number of hydrogen-bond donors (Lipinski definition) is 2. The average molecular weight is 257 g/mol. The summed E-state index contributed by atoms with van der Waals surface area (Å²) in [5.74, 6) is 0.742. The number of aromatic nitrogens is 2. The number of nitrogens with one attached hydrogen (secondary N) is 1. The quantitative estimate of drug-likeness (QED) is 0.775. The van der Waals surface area contributed by atoms with Crippen LogP contribution in [0, 0.1) is 6.92 Å². The first-order chi connectivity index (χ1) is 7.98. The standard InChI is InChI=1S/C12H23N3OS/c1-5-15-11(6-10(2)14-15)7-13-8-12(3,16)9-17-4/h6,13,16H,5,7-9H2,1-4H3. The fourth-order valence-corrected chi connectivity index (χ4v) is 2.56. The molecule has 0 amide bonds. The van der Waals surface area contributed by atoms with Gasteiger partial charge in [-0.1, -0.05) is 0 Å². The second kappa shape index (κ2) is 6.42. The van der Waals surface area contributed by atoms with E-state index in [9.17, 15) is 5.11 Å². The molecule has 0 aliphatic carbocycles. The fourth-order valence-electron chi connectivity index (χ4n) is 1.84. The molecule has 0 bridgehead atoms. The maximum atomic E-state index is 10.0. The summed E-state index contributed by atoms with van der Waals surface area (Å²) in [6, 6.07) is 2.08. The van der Waals surface area contributed by atoms with Crippen LogP contribution in [0.25, 0.3) is 0 Å². The number of nitrogens with zero attached hydrogens (tertiary/aromatic N) is 2. The van der Waals surface area contributed by atoms with Crippen LogP contribution in [0.3, 0.4) is 0 Å². The predicted octanol–water partition coefficient (Wildman–Crippen LogP) is 1.42. The summed E-state index contributed by atoms with van der Waals surface area (Å²) >= 11 is 1.66. The van der Waals surface area contributed by atoms with E-state index in [0.29, 0.717) is 6.54 Å². The zero-order chi connectivity index (χ0) is 12.9. The minimum Gasteiger partial charge on any atom is -0.388 e. The molecule has 17 heavy (non-hydrogen) atoms. The Morgan fingerprint density at radius 3 is 2.88 bits per heavy atom. The monoisotopic (exact) mass is 257 g/mol. The third kappa shape index (κ3) is 4.69. The third-order valence-electron chi connectivity index (χ3n) is 2.55. The molecule has 0 radical (unpaired) electrons. The number of hydrogen-bond acceptors (Lipinski definition) is 4. The molecule has 98 valence electrons. The van der Waals surface area contributed by atoms with Crippen LogP contribution < -0.4 is 5.32 Å². The second-order valence-electron chi connectivity index (χ2n) is 4.63. The molecule has 1 atom stereocenters.